The van der Waals surface area contributed by atoms with E-state index in [1.54, 1.807) is 11.3 Å². The lowest BCUT2D eigenvalue weighted by molar-refractivity contribution is -0.0135. The Kier molecular flexibility index (Phi) is 4.04. The number of thiazole rings is 1. The van der Waals surface area contributed by atoms with E-state index in [-0.39, 0.29) is 5.60 Å². The molecule has 0 aliphatic heterocycles. The van der Waals surface area contributed by atoms with Gasteiger partial charge in [-0.15, -0.1) is 11.3 Å². The summed E-state index contributed by atoms with van der Waals surface area (Å²) < 4.78 is 7.88. The Labute approximate surface area is 112 Å². The van der Waals surface area contributed by atoms with Crippen LogP contribution in [0.15, 0.2) is 17.8 Å². The van der Waals surface area contributed by atoms with Gasteiger partial charge in [0.15, 0.2) is 4.96 Å². The molecule has 2 heterocycles. The van der Waals surface area contributed by atoms with Crippen molar-refractivity contribution in [3.05, 3.63) is 23.5 Å². The minimum absolute atomic E-state index is 0.0936. The molecule has 2 aromatic heterocycles. The van der Waals surface area contributed by atoms with E-state index >= 15 is 0 Å². The summed E-state index contributed by atoms with van der Waals surface area (Å²) in [7, 11) is 1.97. The Morgan fingerprint density at radius 3 is 2.89 bits per heavy atom. The van der Waals surface area contributed by atoms with Gasteiger partial charge in [-0.3, -0.25) is 4.40 Å². The summed E-state index contributed by atoms with van der Waals surface area (Å²) >= 11 is 1.66. The zero-order valence-electron chi connectivity index (χ0n) is 11.4. The minimum Gasteiger partial charge on any atom is -0.374 e. The Bertz CT molecular complexity index is 469. The second-order valence-electron chi connectivity index (χ2n) is 5.44. The van der Waals surface area contributed by atoms with Gasteiger partial charge in [-0.2, -0.15) is 0 Å². The standard InChI is InChI=1S/C13H21N3OS/c1-13(2,3)17-9-11(14-4)7-10-8-16-5-6-18-12(16)15-10/h5-6,8,11,14H,7,9H2,1-4H3. The van der Waals surface area contributed by atoms with Gasteiger partial charge in [-0.25, -0.2) is 4.98 Å². The molecule has 1 unspecified atom stereocenters. The van der Waals surface area contributed by atoms with Crippen LogP contribution in [0.5, 0.6) is 0 Å². The molecule has 0 aromatic carbocycles. The average molecular weight is 267 g/mol. The van der Waals surface area contributed by atoms with Crippen molar-refractivity contribution in [2.24, 2.45) is 0 Å². The highest BCUT2D eigenvalue weighted by molar-refractivity contribution is 7.15. The number of nitrogens with zero attached hydrogens (tertiary/aromatic N) is 2. The van der Waals surface area contributed by atoms with Gasteiger partial charge in [0, 0.05) is 30.2 Å². The molecular formula is C13H21N3OS. The summed E-state index contributed by atoms with van der Waals surface area (Å²) in [6.07, 6.45) is 5.02. The molecule has 0 amide bonds. The number of ether oxygens (including phenoxy) is 1. The van der Waals surface area contributed by atoms with Crippen molar-refractivity contribution in [3.63, 3.8) is 0 Å². The number of imidazole rings is 1. The fourth-order valence-electron chi connectivity index (χ4n) is 1.72. The van der Waals surface area contributed by atoms with Crippen molar-refractivity contribution < 1.29 is 4.74 Å². The number of hydrogen-bond acceptors (Lipinski definition) is 4. The normalized spacial score (nSPS) is 14.2. The van der Waals surface area contributed by atoms with Crippen LogP contribution in [0.2, 0.25) is 0 Å². The summed E-state index contributed by atoms with van der Waals surface area (Å²) in [5.74, 6) is 0. The van der Waals surface area contributed by atoms with Gasteiger partial charge in [-0.1, -0.05) is 0 Å². The first-order valence-electron chi connectivity index (χ1n) is 6.20. The maximum absolute atomic E-state index is 5.82. The lowest BCUT2D eigenvalue weighted by atomic mass is 10.1. The summed E-state index contributed by atoms with van der Waals surface area (Å²) in [6, 6.07) is 0.300. The van der Waals surface area contributed by atoms with Gasteiger partial charge in [0.25, 0.3) is 0 Å². The fraction of sp³-hybridized carbons (Fsp3) is 0.615. The third-order valence-electron chi connectivity index (χ3n) is 2.72. The van der Waals surface area contributed by atoms with Gasteiger partial charge in [0.05, 0.1) is 17.9 Å². The smallest absolute Gasteiger partial charge is 0.193 e. The van der Waals surface area contributed by atoms with E-state index in [4.69, 9.17) is 4.74 Å². The summed E-state index contributed by atoms with van der Waals surface area (Å²) in [4.78, 5) is 5.64. The first-order valence-corrected chi connectivity index (χ1v) is 7.08. The Morgan fingerprint density at radius 1 is 1.50 bits per heavy atom. The third-order valence-corrected chi connectivity index (χ3v) is 3.50. The van der Waals surface area contributed by atoms with Crippen molar-refractivity contribution in [3.8, 4) is 0 Å². The number of aromatic nitrogens is 2. The molecule has 1 N–H and O–H groups in total. The second kappa shape index (κ2) is 5.38. The van der Waals surface area contributed by atoms with Crippen LogP contribution in [0.1, 0.15) is 26.5 Å². The molecule has 2 aromatic rings. The van der Waals surface area contributed by atoms with Crippen molar-refractivity contribution >= 4 is 16.3 Å². The molecule has 0 bridgehead atoms. The second-order valence-corrected chi connectivity index (χ2v) is 6.31. The molecule has 18 heavy (non-hydrogen) atoms. The van der Waals surface area contributed by atoms with Gasteiger partial charge in [-0.05, 0) is 27.8 Å². The quantitative estimate of drug-likeness (QED) is 0.903. The maximum Gasteiger partial charge on any atom is 0.193 e. The molecule has 0 radical (unpaired) electrons. The zero-order chi connectivity index (χ0) is 13.2. The number of likely N-dealkylation sites (N-methyl/N-ethyl adjacent to an activating group) is 1. The van der Waals surface area contributed by atoms with Crippen molar-refractivity contribution in [1.82, 2.24) is 14.7 Å². The van der Waals surface area contributed by atoms with Crippen molar-refractivity contribution in [2.45, 2.75) is 38.8 Å². The van der Waals surface area contributed by atoms with E-state index < -0.39 is 0 Å². The molecule has 4 nitrogen and oxygen atoms in total. The molecule has 100 valence electrons. The molecule has 5 heteroatoms. The first kappa shape index (κ1) is 13.5. The van der Waals surface area contributed by atoms with Crippen LogP contribution < -0.4 is 5.32 Å². The Morgan fingerprint density at radius 2 is 2.28 bits per heavy atom. The van der Waals surface area contributed by atoms with Crippen LogP contribution in [0.4, 0.5) is 0 Å². The molecular weight excluding hydrogens is 246 g/mol. The zero-order valence-corrected chi connectivity index (χ0v) is 12.3. The molecule has 0 fully saturated rings. The van der Waals surface area contributed by atoms with E-state index in [2.05, 4.69) is 41.7 Å². The lowest BCUT2D eigenvalue weighted by Gasteiger charge is -2.23. The van der Waals surface area contributed by atoms with Crippen LogP contribution in [0.25, 0.3) is 4.96 Å². The largest absolute Gasteiger partial charge is 0.374 e. The predicted octanol–water partition coefficient (Wildman–Crippen LogP) is 2.34. The fourth-order valence-corrected chi connectivity index (χ4v) is 2.44. The van der Waals surface area contributed by atoms with Crippen LogP contribution in [0.3, 0.4) is 0 Å². The molecule has 0 spiro atoms. The molecule has 0 saturated heterocycles. The first-order chi connectivity index (χ1) is 8.48. The molecule has 0 aliphatic rings. The topological polar surface area (TPSA) is 38.6 Å². The summed E-state index contributed by atoms with van der Waals surface area (Å²) in [5, 5.41) is 5.33. The van der Waals surface area contributed by atoms with E-state index in [1.807, 2.05) is 18.6 Å². The van der Waals surface area contributed by atoms with Gasteiger partial charge in [0.1, 0.15) is 0 Å². The highest BCUT2D eigenvalue weighted by Crippen LogP contribution is 2.13. The van der Waals surface area contributed by atoms with Crippen LogP contribution in [0, 0.1) is 0 Å². The summed E-state index contributed by atoms with van der Waals surface area (Å²) in [6.45, 7) is 6.93. The molecule has 0 aliphatic carbocycles. The molecule has 2 rings (SSSR count). The van der Waals surface area contributed by atoms with E-state index in [1.165, 1.54) is 0 Å². The van der Waals surface area contributed by atoms with Gasteiger partial charge in [0.2, 0.25) is 0 Å². The number of rotatable bonds is 5. The van der Waals surface area contributed by atoms with Gasteiger partial charge < -0.3 is 10.1 Å². The Hall–Kier alpha value is -0.910. The maximum atomic E-state index is 5.82. The number of fused-ring (bicyclic) bond motifs is 1. The van der Waals surface area contributed by atoms with E-state index in [9.17, 15) is 0 Å². The highest BCUT2D eigenvalue weighted by atomic mass is 32.1. The number of nitrogens with one attached hydrogen (secondary N) is 1. The van der Waals surface area contributed by atoms with Crippen LogP contribution in [-0.2, 0) is 11.2 Å². The van der Waals surface area contributed by atoms with Crippen molar-refractivity contribution in [2.75, 3.05) is 13.7 Å². The predicted molar refractivity (Wildman–Crippen MR) is 75.3 cm³/mol. The van der Waals surface area contributed by atoms with Crippen LogP contribution >= 0.6 is 11.3 Å². The minimum atomic E-state index is -0.0936. The third kappa shape index (κ3) is 3.54. The monoisotopic (exact) mass is 267 g/mol. The Balaban J connectivity index is 1.95. The lowest BCUT2D eigenvalue weighted by Crippen LogP contribution is -2.36. The number of hydrogen-bond donors (Lipinski definition) is 1. The SMILES string of the molecule is CNC(COC(C)(C)C)Cc1cn2ccsc2n1. The molecule has 0 saturated carbocycles. The van der Waals surface area contributed by atoms with Crippen LogP contribution in [-0.4, -0.2) is 34.7 Å². The average Bonchev–Trinajstić information content (AvgIpc) is 2.82. The van der Waals surface area contributed by atoms with E-state index in [0.717, 1.165) is 17.1 Å². The van der Waals surface area contributed by atoms with Crippen molar-refractivity contribution in [1.29, 1.82) is 0 Å². The molecule has 1 atom stereocenters. The van der Waals surface area contributed by atoms with E-state index in [0.29, 0.717) is 12.6 Å². The summed E-state index contributed by atoms with van der Waals surface area (Å²) in [5.41, 5.74) is 1.02. The highest BCUT2D eigenvalue weighted by Gasteiger charge is 2.16. The van der Waals surface area contributed by atoms with Gasteiger partial charge >= 0.3 is 0 Å².